The summed E-state index contributed by atoms with van der Waals surface area (Å²) in [7, 11) is -1.13. The molecule has 0 bridgehead atoms. The van der Waals surface area contributed by atoms with Crippen LogP contribution in [-0.4, -0.2) is 33.5 Å². The first-order valence-corrected chi connectivity index (χ1v) is 7.28. The first kappa shape index (κ1) is 11.7. The van der Waals surface area contributed by atoms with E-state index in [0.717, 1.165) is 29.0 Å². The molecule has 0 radical (unpaired) electrons. The van der Waals surface area contributed by atoms with Crippen LogP contribution >= 0.6 is 15.9 Å². The maximum Gasteiger partial charge on any atom is 0.220 e. The molecule has 1 aromatic rings. The number of hydrogen-bond donors (Lipinski definition) is 0. The first-order chi connectivity index (χ1) is 7.61. The molecule has 0 amide bonds. The smallest absolute Gasteiger partial charge is 0.220 e. The Balaban J connectivity index is 2.51. The lowest BCUT2D eigenvalue weighted by Crippen LogP contribution is -2.28. The summed E-state index contributed by atoms with van der Waals surface area (Å²) in [4.78, 5) is 10.6. The molecule has 2 heterocycles. The molecular weight excluding hydrogens is 290 g/mol. The van der Waals surface area contributed by atoms with Crippen LogP contribution in [0.4, 0.5) is 5.82 Å². The van der Waals surface area contributed by atoms with Gasteiger partial charge in [-0.25, -0.2) is 9.97 Å². The molecular formula is C10H12BrN3OS. The highest BCUT2D eigenvalue weighted by molar-refractivity contribution is 9.11. The fourth-order valence-corrected chi connectivity index (χ4v) is 2.56. The minimum absolute atomic E-state index is 0.392. The monoisotopic (exact) mass is 301 g/mol. The van der Waals surface area contributed by atoms with Gasteiger partial charge < -0.3 is 4.90 Å². The summed E-state index contributed by atoms with van der Waals surface area (Å²) in [6, 6.07) is 0. The SMILES string of the molecule is CCN1CC(Br)=Cc2cnc(S(C)=O)nc21. The summed E-state index contributed by atoms with van der Waals surface area (Å²) in [5.41, 5.74) is 0.967. The lowest BCUT2D eigenvalue weighted by molar-refractivity contribution is 0.678. The van der Waals surface area contributed by atoms with Crippen molar-refractivity contribution in [2.45, 2.75) is 12.1 Å². The molecule has 0 aliphatic carbocycles. The molecule has 1 aliphatic rings. The maximum absolute atomic E-state index is 11.3. The molecule has 0 N–H and O–H groups in total. The summed E-state index contributed by atoms with van der Waals surface area (Å²) in [6.07, 6.45) is 5.32. The Labute approximate surface area is 105 Å². The molecule has 0 fully saturated rings. The molecule has 4 nitrogen and oxygen atoms in total. The number of likely N-dealkylation sites (N-methyl/N-ethyl adjacent to an activating group) is 1. The van der Waals surface area contributed by atoms with Crippen LogP contribution in [0.1, 0.15) is 12.5 Å². The largest absolute Gasteiger partial charge is 0.351 e. The van der Waals surface area contributed by atoms with E-state index in [0.29, 0.717) is 5.16 Å². The molecule has 1 aliphatic heterocycles. The second kappa shape index (κ2) is 4.63. The third-order valence-electron chi connectivity index (χ3n) is 2.37. The highest BCUT2D eigenvalue weighted by atomic mass is 79.9. The predicted octanol–water partition coefficient (Wildman–Crippen LogP) is 1.79. The van der Waals surface area contributed by atoms with E-state index in [4.69, 9.17) is 0 Å². The van der Waals surface area contributed by atoms with Crippen LogP contribution in [0, 0.1) is 0 Å². The van der Waals surface area contributed by atoms with Crippen molar-refractivity contribution in [3.63, 3.8) is 0 Å². The molecule has 2 rings (SSSR count). The zero-order valence-electron chi connectivity index (χ0n) is 9.11. The highest BCUT2D eigenvalue weighted by Crippen LogP contribution is 2.28. The van der Waals surface area contributed by atoms with Crippen molar-refractivity contribution in [3.8, 4) is 0 Å². The van der Waals surface area contributed by atoms with Gasteiger partial charge in [-0.1, -0.05) is 15.9 Å². The molecule has 1 atom stereocenters. The Morgan fingerprint density at radius 1 is 1.62 bits per heavy atom. The molecule has 16 heavy (non-hydrogen) atoms. The number of fused-ring (bicyclic) bond motifs is 1. The minimum atomic E-state index is -1.13. The zero-order chi connectivity index (χ0) is 11.7. The van der Waals surface area contributed by atoms with Crippen LogP contribution in [0.5, 0.6) is 0 Å². The van der Waals surface area contributed by atoms with Crippen LogP contribution < -0.4 is 4.90 Å². The number of hydrogen-bond acceptors (Lipinski definition) is 4. The van der Waals surface area contributed by atoms with Crippen LogP contribution in [0.15, 0.2) is 15.8 Å². The molecule has 0 saturated carbocycles. The van der Waals surface area contributed by atoms with Gasteiger partial charge in [-0.2, -0.15) is 0 Å². The normalized spacial score (nSPS) is 16.7. The Bertz CT molecular complexity index is 475. The van der Waals surface area contributed by atoms with Gasteiger partial charge in [0.05, 0.1) is 17.3 Å². The number of rotatable bonds is 2. The van der Waals surface area contributed by atoms with E-state index in [1.54, 1.807) is 12.5 Å². The summed E-state index contributed by atoms with van der Waals surface area (Å²) in [6.45, 7) is 3.74. The molecule has 1 aromatic heterocycles. The average Bonchev–Trinajstić information content (AvgIpc) is 2.27. The number of halogens is 1. The topological polar surface area (TPSA) is 46.1 Å². The predicted molar refractivity (Wildman–Crippen MR) is 69.2 cm³/mol. The van der Waals surface area contributed by atoms with Gasteiger partial charge in [0.25, 0.3) is 0 Å². The van der Waals surface area contributed by atoms with E-state index >= 15 is 0 Å². The summed E-state index contributed by atoms with van der Waals surface area (Å²) >= 11 is 3.49. The Morgan fingerprint density at radius 2 is 2.38 bits per heavy atom. The summed E-state index contributed by atoms with van der Waals surface area (Å²) in [5, 5.41) is 0.392. The van der Waals surface area contributed by atoms with Crippen LogP contribution in [0.3, 0.4) is 0 Å². The third kappa shape index (κ3) is 2.17. The minimum Gasteiger partial charge on any atom is -0.351 e. The van der Waals surface area contributed by atoms with Crippen LogP contribution in [0.2, 0.25) is 0 Å². The van der Waals surface area contributed by atoms with Gasteiger partial charge in [0.2, 0.25) is 5.16 Å². The van der Waals surface area contributed by atoms with Gasteiger partial charge in [-0.05, 0) is 13.0 Å². The standard InChI is InChI=1S/C10H12BrN3OS/c1-3-14-6-8(11)4-7-5-12-10(16(2)15)13-9(7)14/h4-5H,3,6H2,1-2H3. The Morgan fingerprint density at radius 3 is 3.00 bits per heavy atom. The van der Waals surface area contributed by atoms with Crippen LogP contribution in [0.25, 0.3) is 6.08 Å². The number of nitrogens with zero attached hydrogens (tertiary/aromatic N) is 3. The molecule has 0 aromatic carbocycles. The number of anilines is 1. The van der Waals surface area contributed by atoms with E-state index in [9.17, 15) is 4.21 Å². The molecule has 86 valence electrons. The van der Waals surface area contributed by atoms with Gasteiger partial charge in [-0.15, -0.1) is 0 Å². The highest BCUT2D eigenvalue weighted by Gasteiger charge is 2.18. The van der Waals surface area contributed by atoms with Crippen molar-refractivity contribution in [1.82, 2.24) is 9.97 Å². The van der Waals surface area contributed by atoms with Gasteiger partial charge in [0.1, 0.15) is 5.82 Å². The van der Waals surface area contributed by atoms with E-state index in [-0.39, 0.29) is 0 Å². The Kier molecular flexibility index (Phi) is 3.39. The maximum atomic E-state index is 11.3. The first-order valence-electron chi connectivity index (χ1n) is 4.93. The van der Waals surface area contributed by atoms with Crippen molar-refractivity contribution in [3.05, 3.63) is 16.2 Å². The van der Waals surface area contributed by atoms with Gasteiger partial charge in [0, 0.05) is 29.0 Å². The van der Waals surface area contributed by atoms with Crippen molar-refractivity contribution in [2.75, 3.05) is 24.2 Å². The Hall–Kier alpha value is -0.750. The van der Waals surface area contributed by atoms with E-state index in [2.05, 4.69) is 37.7 Å². The second-order valence-corrected chi connectivity index (χ2v) is 5.78. The molecule has 0 spiro atoms. The van der Waals surface area contributed by atoms with Crippen molar-refractivity contribution in [1.29, 1.82) is 0 Å². The number of aromatic nitrogens is 2. The van der Waals surface area contributed by atoms with Crippen molar-refractivity contribution >= 4 is 38.6 Å². The lowest BCUT2D eigenvalue weighted by Gasteiger charge is -2.27. The van der Waals surface area contributed by atoms with E-state index in [1.807, 2.05) is 6.08 Å². The van der Waals surface area contributed by atoms with E-state index < -0.39 is 10.8 Å². The van der Waals surface area contributed by atoms with Crippen LogP contribution in [-0.2, 0) is 10.8 Å². The molecule has 6 heteroatoms. The molecule has 1 unspecified atom stereocenters. The van der Waals surface area contributed by atoms with Gasteiger partial charge >= 0.3 is 0 Å². The summed E-state index contributed by atoms with van der Waals surface area (Å²) < 4.78 is 12.4. The summed E-state index contributed by atoms with van der Waals surface area (Å²) in [5.74, 6) is 0.867. The molecule has 0 saturated heterocycles. The average molecular weight is 302 g/mol. The van der Waals surface area contributed by atoms with Crippen molar-refractivity contribution in [2.24, 2.45) is 0 Å². The van der Waals surface area contributed by atoms with Crippen molar-refractivity contribution < 1.29 is 4.21 Å². The van der Waals surface area contributed by atoms with E-state index in [1.165, 1.54) is 0 Å². The fraction of sp³-hybridized carbons (Fsp3) is 0.400. The second-order valence-electron chi connectivity index (χ2n) is 3.49. The van der Waals surface area contributed by atoms with Gasteiger partial charge in [-0.3, -0.25) is 4.21 Å². The third-order valence-corrected chi connectivity index (χ3v) is 3.56. The van der Waals surface area contributed by atoms with Gasteiger partial charge in [0.15, 0.2) is 0 Å². The fourth-order valence-electron chi connectivity index (χ4n) is 1.59. The zero-order valence-corrected chi connectivity index (χ0v) is 11.5. The quantitative estimate of drug-likeness (QED) is 0.781. The lowest BCUT2D eigenvalue weighted by atomic mass is 10.2.